The lowest BCUT2D eigenvalue weighted by atomic mass is 9.88. The van der Waals surface area contributed by atoms with Crippen molar-refractivity contribution in [2.75, 3.05) is 17.7 Å². The van der Waals surface area contributed by atoms with Crippen molar-refractivity contribution in [3.63, 3.8) is 0 Å². The van der Waals surface area contributed by atoms with Crippen molar-refractivity contribution in [1.82, 2.24) is 9.88 Å². The summed E-state index contributed by atoms with van der Waals surface area (Å²) in [6.45, 7) is 2.78. The molecule has 2 amide bonds. The molecule has 1 aromatic rings. The Morgan fingerprint density at radius 1 is 1.21 bits per heavy atom. The number of amides is 2. The maximum absolute atomic E-state index is 13.2. The van der Waals surface area contributed by atoms with Crippen LogP contribution in [0.5, 0.6) is 0 Å². The number of rotatable bonds is 8. The number of aliphatic carboxylic acids is 1. The molecule has 0 unspecified atom stereocenters. The van der Waals surface area contributed by atoms with Crippen LogP contribution in [0.15, 0.2) is 10.4 Å². The third-order valence-corrected chi connectivity index (χ3v) is 7.77. The van der Waals surface area contributed by atoms with E-state index in [4.69, 9.17) is 9.84 Å². The van der Waals surface area contributed by atoms with Gasteiger partial charge in [0.15, 0.2) is 5.13 Å². The monoisotopic (exact) mass is 441 g/mol. The van der Waals surface area contributed by atoms with Crippen molar-refractivity contribution in [2.45, 2.75) is 87.1 Å². The predicted octanol–water partition coefficient (Wildman–Crippen LogP) is 4.83. The molecular weight excluding hydrogens is 410 g/mol. The molecule has 29 heavy (non-hydrogen) atoms. The van der Waals surface area contributed by atoms with Gasteiger partial charge in [0.25, 0.3) is 0 Å². The standard InChI is InChI=1S/C20H31N3O4S2/c1-2-27-16-10-8-15(9-11-16)23(14-6-4-3-5-7-14)20(26)22-19-21-12-18(29-19)28-13-17(24)25/h12,14-16H,2-11,13H2,1H3,(H,24,25)(H,21,22,26)/t15-,16-. The Bertz CT molecular complexity index is 670. The third-order valence-electron chi connectivity index (χ3n) is 5.68. The minimum absolute atomic E-state index is 0.00709. The number of anilines is 1. The van der Waals surface area contributed by atoms with Gasteiger partial charge in [-0.2, -0.15) is 0 Å². The molecule has 0 aliphatic heterocycles. The maximum Gasteiger partial charge on any atom is 0.324 e. The molecule has 0 bridgehead atoms. The molecule has 2 saturated carbocycles. The van der Waals surface area contributed by atoms with Gasteiger partial charge in [-0.3, -0.25) is 10.1 Å². The molecule has 2 fully saturated rings. The molecule has 0 spiro atoms. The highest BCUT2D eigenvalue weighted by atomic mass is 32.2. The summed E-state index contributed by atoms with van der Waals surface area (Å²) in [5.74, 6) is -0.868. The summed E-state index contributed by atoms with van der Waals surface area (Å²) in [6.07, 6.45) is 11.6. The van der Waals surface area contributed by atoms with E-state index >= 15 is 0 Å². The van der Waals surface area contributed by atoms with E-state index in [1.54, 1.807) is 6.20 Å². The summed E-state index contributed by atoms with van der Waals surface area (Å²) in [4.78, 5) is 30.3. The summed E-state index contributed by atoms with van der Waals surface area (Å²) in [5, 5.41) is 12.3. The van der Waals surface area contributed by atoms with Crippen molar-refractivity contribution >= 4 is 40.2 Å². The SMILES string of the molecule is CCO[C@H]1CC[C@H](N(C(=O)Nc2ncc(SCC(=O)O)s2)C2CCCCC2)CC1. The van der Waals surface area contributed by atoms with E-state index in [0.29, 0.717) is 17.3 Å². The smallest absolute Gasteiger partial charge is 0.324 e. The summed E-state index contributed by atoms with van der Waals surface area (Å²) in [6, 6.07) is 0.467. The van der Waals surface area contributed by atoms with Gasteiger partial charge in [-0.25, -0.2) is 9.78 Å². The Balaban J connectivity index is 1.64. The van der Waals surface area contributed by atoms with Gasteiger partial charge in [-0.1, -0.05) is 30.6 Å². The van der Waals surface area contributed by atoms with Gasteiger partial charge in [0.05, 0.1) is 22.3 Å². The van der Waals surface area contributed by atoms with Gasteiger partial charge in [0.2, 0.25) is 0 Å². The summed E-state index contributed by atoms with van der Waals surface area (Å²) < 4.78 is 6.58. The number of hydrogen-bond acceptors (Lipinski definition) is 6. The van der Waals surface area contributed by atoms with Crippen molar-refractivity contribution in [3.8, 4) is 0 Å². The topological polar surface area (TPSA) is 91.8 Å². The second-order valence-corrected chi connectivity index (χ2v) is 9.99. The highest BCUT2D eigenvalue weighted by molar-refractivity contribution is 8.01. The van der Waals surface area contributed by atoms with Crippen molar-refractivity contribution in [2.24, 2.45) is 0 Å². The molecule has 162 valence electrons. The number of hydrogen-bond donors (Lipinski definition) is 2. The fourth-order valence-corrected chi connectivity index (χ4v) is 5.97. The molecule has 2 N–H and O–H groups in total. The van der Waals surface area contributed by atoms with Gasteiger partial charge < -0.3 is 14.7 Å². The number of aromatic nitrogens is 1. The van der Waals surface area contributed by atoms with Crippen molar-refractivity contribution in [3.05, 3.63) is 6.20 Å². The minimum Gasteiger partial charge on any atom is -0.481 e. The van der Waals surface area contributed by atoms with Crippen LogP contribution in [0, 0.1) is 0 Å². The molecule has 0 radical (unpaired) electrons. The lowest BCUT2D eigenvalue weighted by molar-refractivity contribution is -0.133. The van der Waals surface area contributed by atoms with Crippen LogP contribution in [0.25, 0.3) is 0 Å². The molecule has 2 aliphatic rings. The fourth-order valence-electron chi connectivity index (χ4n) is 4.39. The molecule has 0 aromatic carbocycles. The highest BCUT2D eigenvalue weighted by Crippen LogP contribution is 2.33. The summed E-state index contributed by atoms with van der Waals surface area (Å²) in [7, 11) is 0. The number of thioether (sulfide) groups is 1. The first-order valence-electron chi connectivity index (χ1n) is 10.6. The van der Waals surface area contributed by atoms with Crippen LogP contribution in [-0.2, 0) is 9.53 Å². The molecule has 0 saturated heterocycles. The van der Waals surface area contributed by atoms with Gasteiger partial charge >= 0.3 is 12.0 Å². The second kappa shape index (κ2) is 11.2. The molecule has 0 atom stereocenters. The second-order valence-electron chi connectivity index (χ2n) is 7.68. The van der Waals surface area contributed by atoms with E-state index in [2.05, 4.69) is 15.2 Å². The van der Waals surface area contributed by atoms with Crippen molar-refractivity contribution in [1.29, 1.82) is 0 Å². The van der Waals surface area contributed by atoms with E-state index in [1.165, 1.54) is 42.4 Å². The highest BCUT2D eigenvalue weighted by Gasteiger charge is 2.34. The van der Waals surface area contributed by atoms with Crippen molar-refractivity contribution < 1.29 is 19.4 Å². The van der Waals surface area contributed by atoms with Gasteiger partial charge in [-0.05, 0) is 45.4 Å². The zero-order valence-electron chi connectivity index (χ0n) is 17.0. The lowest BCUT2D eigenvalue weighted by Crippen LogP contribution is -2.51. The van der Waals surface area contributed by atoms with Crippen LogP contribution in [-0.4, -0.2) is 57.5 Å². The van der Waals surface area contributed by atoms with Crippen LogP contribution >= 0.6 is 23.1 Å². The van der Waals surface area contributed by atoms with Crippen LogP contribution < -0.4 is 5.32 Å². The first-order valence-corrected chi connectivity index (χ1v) is 12.4. The van der Waals surface area contributed by atoms with E-state index in [-0.39, 0.29) is 17.8 Å². The molecule has 2 aliphatic carbocycles. The number of carbonyl (C=O) groups is 2. The third kappa shape index (κ3) is 6.58. The predicted molar refractivity (Wildman–Crippen MR) is 116 cm³/mol. The van der Waals surface area contributed by atoms with Gasteiger partial charge in [0.1, 0.15) is 0 Å². The average Bonchev–Trinajstić information content (AvgIpc) is 3.16. The fraction of sp³-hybridized carbons (Fsp3) is 0.750. The number of carbonyl (C=O) groups excluding carboxylic acids is 1. The molecule has 1 heterocycles. The first kappa shape index (κ1) is 22.4. The minimum atomic E-state index is -0.861. The molecule has 3 rings (SSSR count). The first-order chi connectivity index (χ1) is 14.1. The normalized spacial score (nSPS) is 22.9. The van der Waals surface area contributed by atoms with E-state index in [1.807, 2.05) is 6.92 Å². The quantitative estimate of drug-likeness (QED) is 0.561. The molecule has 7 nitrogen and oxygen atoms in total. The molecular formula is C20H31N3O4S2. The zero-order valence-corrected chi connectivity index (χ0v) is 18.6. The van der Waals surface area contributed by atoms with E-state index in [9.17, 15) is 9.59 Å². The number of carboxylic acids is 1. The number of ether oxygens (including phenoxy) is 1. The van der Waals surface area contributed by atoms with Crippen LogP contribution in [0.4, 0.5) is 9.93 Å². The van der Waals surface area contributed by atoms with Gasteiger partial charge in [0, 0.05) is 18.7 Å². The average molecular weight is 442 g/mol. The summed E-state index contributed by atoms with van der Waals surface area (Å²) >= 11 is 2.55. The number of urea groups is 1. The van der Waals surface area contributed by atoms with Crippen LogP contribution in [0.1, 0.15) is 64.7 Å². The van der Waals surface area contributed by atoms with Crippen LogP contribution in [0.3, 0.4) is 0 Å². The summed E-state index contributed by atoms with van der Waals surface area (Å²) in [5.41, 5.74) is 0. The van der Waals surface area contributed by atoms with Crippen LogP contribution in [0.2, 0.25) is 0 Å². The number of nitrogens with zero attached hydrogens (tertiary/aromatic N) is 2. The number of carboxylic acid groups (broad SMARTS) is 1. The zero-order chi connectivity index (χ0) is 20.6. The number of thiazole rings is 1. The lowest BCUT2D eigenvalue weighted by Gasteiger charge is -2.42. The molecule has 9 heteroatoms. The Labute approximate surface area is 180 Å². The Morgan fingerprint density at radius 2 is 1.90 bits per heavy atom. The number of nitrogens with one attached hydrogen (secondary N) is 1. The van der Waals surface area contributed by atoms with Gasteiger partial charge in [-0.15, -0.1) is 11.8 Å². The molecule has 1 aromatic heterocycles. The van der Waals surface area contributed by atoms with E-state index < -0.39 is 5.97 Å². The van der Waals surface area contributed by atoms with E-state index in [0.717, 1.165) is 49.3 Å². The maximum atomic E-state index is 13.2. The Morgan fingerprint density at radius 3 is 2.55 bits per heavy atom. The Kier molecular flexibility index (Phi) is 8.62. The Hall–Kier alpha value is -1.32. The largest absolute Gasteiger partial charge is 0.481 e.